The number of hydrogen-bond acceptors (Lipinski definition) is 5. The van der Waals surface area contributed by atoms with Crippen molar-refractivity contribution in [1.82, 2.24) is 5.32 Å². The first kappa shape index (κ1) is 20.8. The molecule has 0 radical (unpaired) electrons. The molecule has 1 unspecified atom stereocenters. The Hall–Kier alpha value is -2.28. The summed E-state index contributed by atoms with van der Waals surface area (Å²) in [6.45, 7) is 5.22. The van der Waals surface area contributed by atoms with Crippen molar-refractivity contribution in [3.05, 3.63) is 29.8 Å². The minimum absolute atomic E-state index is 0.145. The Kier molecular flexibility index (Phi) is 7.70. The fourth-order valence-corrected chi connectivity index (χ4v) is 1.98. The maximum absolute atomic E-state index is 11.9. The summed E-state index contributed by atoms with van der Waals surface area (Å²) >= 11 is 5.59. The van der Waals surface area contributed by atoms with Gasteiger partial charge in [-0.1, -0.05) is 12.1 Å². The highest BCUT2D eigenvalue weighted by Gasteiger charge is 2.25. The van der Waals surface area contributed by atoms with Gasteiger partial charge in [0, 0.05) is 6.42 Å². The van der Waals surface area contributed by atoms with E-state index in [2.05, 4.69) is 10.3 Å². The first-order chi connectivity index (χ1) is 11.6. The average molecular weight is 370 g/mol. The Bertz CT molecular complexity index is 624. The van der Waals surface area contributed by atoms with Crippen LogP contribution in [-0.2, 0) is 20.7 Å². The molecule has 25 heavy (non-hydrogen) atoms. The van der Waals surface area contributed by atoms with Crippen molar-refractivity contribution in [3.63, 3.8) is 0 Å². The fraction of sp³-hybridized carbons (Fsp3) is 0.471. The molecule has 7 nitrogen and oxygen atoms in total. The minimum Gasteiger partial charge on any atom is -0.467 e. The number of alkyl carbamates (subject to hydrolysis) is 1. The summed E-state index contributed by atoms with van der Waals surface area (Å²) in [6.07, 6.45) is -0.431. The predicted octanol–water partition coefficient (Wildman–Crippen LogP) is 2.52. The number of nitrogens with one attached hydrogen (secondary N) is 1. The topological polar surface area (TPSA) is 103 Å². The smallest absolute Gasteiger partial charge is 0.408 e. The molecule has 0 spiro atoms. The molecule has 0 aliphatic heterocycles. The van der Waals surface area contributed by atoms with E-state index in [0.717, 1.165) is 5.56 Å². The standard InChI is InChI=1S/C17H24ClN3O4/c1-17(2,3)25-16(23)21-13(15(22)24-4)9-11-5-7-12(8-6-11)20-14(19)10-18/h5-8,13H,9-10H2,1-4H3,(H2,19,20)(H,21,23). The quantitative estimate of drug-likeness (QED) is 0.347. The fourth-order valence-electron chi connectivity index (χ4n) is 1.92. The molecule has 0 fully saturated rings. The molecular weight excluding hydrogens is 346 g/mol. The SMILES string of the molecule is COC(=O)C(Cc1ccc(N=C(N)CCl)cc1)NC(=O)OC(C)(C)C. The van der Waals surface area contributed by atoms with Crippen LogP contribution >= 0.6 is 11.6 Å². The Morgan fingerprint density at radius 1 is 1.28 bits per heavy atom. The summed E-state index contributed by atoms with van der Waals surface area (Å²) in [4.78, 5) is 27.9. The van der Waals surface area contributed by atoms with Crippen LogP contribution in [0, 0.1) is 0 Å². The Labute approximate surface area is 152 Å². The molecule has 0 heterocycles. The number of carbonyl (C=O) groups is 2. The second kappa shape index (κ2) is 9.27. The van der Waals surface area contributed by atoms with E-state index in [1.165, 1.54) is 7.11 Å². The summed E-state index contributed by atoms with van der Waals surface area (Å²) in [5.74, 6) is -0.0980. The molecule has 0 saturated heterocycles. The molecular formula is C17H24ClN3O4. The van der Waals surface area contributed by atoms with Crippen molar-refractivity contribution in [2.24, 2.45) is 10.7 Å². The number of esters is 1. The van der Waals surface area contributed by atoms with Gasteiger partial charge in [-0.15, -0.1) is 11.6 Å². The van der Waals surface area contributed by atoms with Gasteiger partial charge in [0.15, 0.2) is 0 Å². The second-order valence-corrected chi connectivity index (χ2v) is 6.60. The lowest BCUT2D eigenvalue weighted by molar-refractivity contribution is -0.143. The maximum Gasteiger partial charge on any atom is 0.408 e. The van der Waals surface area contributed by atoms with Crippen LogP contribution in [0.2, 0.25) is 0 Å². The summed E-state index contributed by atoms with van der Waals surface area (Å²) in [7, 11) is 1.26. The molecule has 1 aromatic carbocycles. The van der Waals surface area contributed by atoms with Gasteiger partial charge in [-0.05, 0) is 38.5 Å². The number of halogens is 1. The lowest BCUT2D eigenvalue weighted by Gasteiger charge is -2.22. The summed E-state index contributed by atoms with van der Waals surface area (Å²) in [5, 5.41) is 2.53. The number of amides is 1. The lowest BCUT2D eigenvalue weighted by Crippen LogP contribution is -2.45. The van der Waals surface area contributed by atoms with E-state index >= 15 is 0 Å². The number of hydrogen-bond donors (Lipinski definition) is 2. The van der Waals surface area contributed by atoms with E-state index in [9.17, 15) is 9.59 Å². The highest BCUT2D eigenvalue weighted by molar-refractivity contribution is 6.28. The maximum atomic E-state index is 11.9. The zero-order chi connectivity index (χ0) is 19.0. The van der Waals surface area contributed by atoms with E-state index in [4.69, 9.17) is 26.8 Å². The van der Waals surface area contributed by atoms with E-state index in [1.807, 2.05) is 0 Å². The number of nitrogens with zero attached hydrogens (tertiary/aromatic N) is 1. The van der Waals surface area contributed by atoms with Gasteiger partial charge in [0.2, 0.25) is 0 Å². The largest absolute Gasteiger partial charge is 0.467 e. The van der Waals surface area contributed by atoms with Crippen molar-refractivity contribution >= 4 is 35.2 Å². The van der Waals surface area contributed by atoms with Gasteiger partial charge >= 0.3 is 12.1 Å². The predicted molar refractivity (Wildman–Crippen MR) is 97.3 cm³/mol. The van der Waals surface area contributed by atoms with E-state index in [-0.39, 0.29) is 12.3 Å². The molecule has 1 atom stereocenters. The number of nitrogens with two attached hydrogens (primary N) is 1. The van der Waals surface area contributed by atoms with Crippen LogP contribution in [0.1, 0.15) is 26.3 Å². The molecule has 138 valence electrons. The number of carbonyl (C=O) groups excluding carboxylic acids is 2. The molecule has 0 aliphatic carbocycles. The van der Waals surface area contributed by atoms with Crippen LogP contribution in [0.25, 0.3) is 0 Å². The molecule has 8 heteroatoms. The molecule has 0 saturated carbocycles. The third kappa shape index (κ3) is 7.89. The number of methoxy groups -OCH3 is 1. The molecule has 3 N–H and O–H groups in total. The number of amidine groups is 1. The average Bonchev–Trinajstić information content (AvgIpc) is 2.53. The Morgan fingerprint density at radius 3 is 2.36 bits per heavy atom. The number of alkyl halides is 1. The van der Waals surface area contributed by atoms with E-state index in [0.29, 0.717) is 11.5 Å². The van der Waals surface area contributed by atoms with Crippen molar-refractivity contribution in [1.29, 1.82) is 0 Å². The van der Waals surface area contributed by atoms with Gasteiger partial charge in [0.25, 0.3) is 0 Å². The van der Waals surface area contributed by atoms with Gasteiger partial charge in [-0.2, -0.15) is 0 Å². The van der Waals surface area contributed by atoms with Crippen LogP contribution in [0.15, 0.2) is 29.3 Å². The van der Waals surface area contributed by atoms with Gasteiger partial charge < -0.3 is 20.5 Å². The monoisotopic (exact) mass is 369 g/mol. The molecule has 0 aromatic heterocycles. The molecule has 0 bridgehead atoms. The van der Waals surface area contributed by atoms with Gasteiger partial charge in [0.1, 0.15) is 17.5 Å². The molecule has 1 amide bonds. The highest BCUT2D eigenvalue weighted by atomic mass is 35.5. The van der Waals surface area contributed by atoms with Crippen molar-refractivity contribution in [2.75, 3.05) is 13.0 Å². The minimum atomic E-state index is -0.859. The van der Waals surface area contributed by atoms with Crippen molar-refractivity contribution in [2.45, 2.75) is 38.8 Å². The van der Waals surface area contributed by atoms with Crippen LogP contribution < -0.4 is 11.1 Å². The number of rotatable bonds is 6. The first-order valence-electron chi connectivity index (χ1n) is 7.70. The van der Waals surface area contributed by atoms with Gasteiger partial charge in [-0.25, -0.2) is 14.6 Å². The van der Waals surface area contributed by atoms with E-state index < -0.39 is 23.7 Å². The summed E-state index contributed by atoms with van der Waals surface area (Å²) in [6, 6.07) is 6.20. The molecule has 1 rings (SSSR count). The summed E-state index contributed by atoms with van der Waals surface area (Å²) in [5.41, 5.74) is 6.39. The Morgan fingerprint density at radius 2 is 1.88 bits per heavy atom. The number of ether oxygens (including phenoxy) is 2. The molecule has 1 aromatic rings. The van der Waals surface area contributed by atoms with Crippen LogP contribution in [0.5, 0.6) is 0 Å². The Balaban J connectivity index is 2.82. The first-order valence-corrected chi connectivity index (χ1v) is 8.23. The van der Waals surface area contributed by atoms with Crippen LogP contribution in [0.4, 0.5) is 10.5 Å². The third-order valence-electron chi connectivity index (χ3n) is 2.96. The normalized spacial score (nSPS) is 13.1. The van der Waals surface area contributed by atoms with E-state index in [1.54, 1.807) is 45.0 Å². The zero-order valence-corrected chi connectivity index (χ0v) is 15.6. The highest BCUT2D eigenvalue weighted by Crippen LogP contribution is 2.15. The van der Waals surface area contributed by atoms with Gasteiger partial charge in [0.05, 0.1) is 18.7 Å². The van der Waals surface area contributed by atoms with Crippen molar-refractivity contribution < 1.29 is 19.1 Å². The number of aliphatic imine (C=N–C) groups is 1. The zero-order valence-electron chi connectivity index (χ0n) is 14.8. The lowest BCUT2D eigenvalue weighted by atomic mass is 10.1. The van der Waals surface area contributed by atoms with Gasteiger partial charge in [-0.3, -0.25) is 0 Å². The van der Waals surface area contributed by atoms with Crippen LogP contribution in [-0.4, -0.2) is 42.5 Å². The number of benzene rings is 1. The second-order valence-electron chi connectivity index (χ2n) is 6.33. The third-order valence-corrected chi connectivity index (χ3v) is 3.24. The summed E-state index contributed by atoms with van der Waals surface area (Å²) < 4.78 is 9.92. The van der Waals surface area contributed by atoms with Crippen molar-refractivity contribution in [3.8, 4) is 0 Å². The van der Waals surface area contributed by atoms with Crippen LogP contribution in [0.3, 0.4) is 0 Å². The molecule has 0 aliphatic rings.